The molecule has 0 unspecified atom stereocenters. The van der Waals surface area contributed by atoms with Gasteiger partial charge in [0.25, 0.3) is 0 Å². The molecule has 24 heavy (non-hydrogen) atoms. The minimum absolute atomic E-state index is 0.00742. The van der Waals surface area contributed by atoms with Crippen LogP contribution in [0.4, 0.5) is 0 Å². The summed E-state index contributed by atoms with van der Waals surface area (Å²) in [5, 5.41) is 23.5. The molecule has 0 aliphatic carbocycles. The van der Waals surface area contributed by atoms with E-state index in [0.717, 1.165) is 0 Å². The quantitative estimate of drug-likeness (QED) is 0.505. The molecule has 0 radical (unpaired) electrons. The fraction of sp³-hybridized carbons (Fsp3) is 0.0588. The molecule has 0 atom stereocenters. The lowest BCUT2D eigenvalue weighted by atomic mass is 10.2. The largest absolute Gasteiger partial charge is 0.508 e. The predicted molar refractivity (Wildman–Crippen MR) is 87.6 cm³/mol. The maximum absolute atomic E-state index is 12.0. The van der Waals surface area contributed by atoms with Crippen LogP contribution < -0.4 is 10.2 Å². The summed E-state index contributed by atoms with van der Waals surface area (Å²) in [5.41, 5.74) is 3.18. The molecule has 1 aromatic heterocycles. The average molecular weight is 326 g/mol. The van der Waals surface area contributed by atoms with Gasteiger partial charge in [-0.1, -0.05) is 0 Å². The van der Waals surface area contributed by atoms with Crippen LogP contribution in [0.15, 0.2) is 52.0 Å². The molecule has 0 saturated heterocycles. The third kappa shape index (κ3) is 3.14. The van der Waals surface area contributed by atoms with Crippen molar-refractivity contribution in [1.82, 2.24) is 5.43 Å². The summed E-state index contributed by atoms with van der Waals surface area (Å²) >= 11 is 0. The van der Waals surface area contributed by atoms with E-state index in [1.165, 1.54) is 37.6 Å². The lowest BCUT2D eigenvalue weighted by molar-refractivity contribution is 0.0929. The van der Waals surface area contributed by atoms with Crippen LogP contribution in [0, 0.1) is 0 Å². The smallest absolute Gasteiger partial charge is 0.307 e. The Kier molecular flexibility index (Phi) is 4.07. The average Bonchev–Trinajstić information content (AvgIpc) is 2.99. The molecule has 7 heteroatoms. The number of carbonyl (C=O) groups excluding carboxylic acids is 1. The topological polar surface area (TPSA) is 104 Å². The van der Waals surface area contributed by atoms with E-state index in [1.807, 2.05) is 0 Å². The number of carbonyl (C=O) groups is 1. The Balaban J connectivity index is 1.74. The van der Waals surface area contributed by atoms with Crippen molar-refractivity contribution in [2.75, 3.05) is 7.11 Å². The van der Waals surface area contributed by atoms with Crippen molar-refractivity contribution in [3.8, 4) is 17.2 Å². The van der Waals surface area contributed by atoms with Gasteiger partial charge in [0.05, 0.1) is 13.3 Å². The van der Waals surface area contributed by atoms with Gasteiger partial charge in [-0.15, -0.1) is 0 Å². The van der Waals surface area contributed by atoms with Gasteiger partial charge in [-0.25, -0.2) is 5.43 Å². The second kappa shape index (κ2) is 6.33. The van der Waals surface area contributed by atoms with Crippen LogP contribution >= 0.6 is 0 Å². The maximum Gasteiger partial charge on any atom is 0.307 e. The molecule has 0 bridgehead atoms. The molecule has 0 fully saturated rings. The number of benzene rings is 2. The molecule has 3 aromatic rings. The summed E-state index contributed by atoms with van der Waals surface area (Å²) in [6, 6.07) is 10.7. The number of nitrogens with one attached hydrogen (secondary N) is 1. The van der Waals surface area contributed by atoms with Crippen molar-refractivity contribution in [1.29, 1.82) is 0 Å². The highest BCUT2D eigenvalue weighted by Gasteiger charge is 2.12. The summed E-state index contributed by atoms with van der Waals surface area (Å²) in [6.45, 7) is 0. The van der Waals surface area contributed by atoms with Crippen molar-refractivity contribution in [2.45, 2.75) is 0 Å². The van der Waals surface area contributed by atoms with Gasteiger partial charge in [-0.2, -0.15) is 5.10 Å². The van der Waals surface area contributed by atoms with Crippen molar-refractivity contribution in [3.63, 3.8) is 0 Å². The monoisotopic (exact) mass is 326 g/mol. The van der Waals surface area contributed by atoms with Crippen LogP contribution in [-0.2, 0) is 0 Å². The van der Waals surface area contributed by atoms with Crippen molar-refractivity contribution in [3.05, 3.63) is 53.8 Å². The van der Waals surface area contributed by atoms with E-state index in [9.17, 15) is 15.0 Å². The zero-order valence-corrected chi connectivity index (χ0v) is 12.7. The first kappa shape index (κ1) is 15.4. The van der Waals surface area contributed by atoms with Gasteiger partial charge in [-0.3, -0.25) is 4.79 Å². The zero-order chi connectivity index (χ0) is 17.1. The van der Waals surface area contributed by atoms with E-state index in [2.05, 4.69) is 10.5 Å². The van der Waals surface area contributed by atoms with Crippen LogP contribution in [0.25, 0.3) is 11.0 Å². The molecule has 7 nitrogen and oxygen atoms in total. The van der Waals surface area contributed by atoms with Gasteiger partial charge in [0.1, 0.15) is 22.8 Å². The third-order valence-electron chi connectivity index (χ3n) is 3.33. The minimum Gasteiger partial charge on any atom is -0.508 e. The van der Waals surface area contributed by atoms with Gasteiger partial charge >= 0.3 is 5.91 Å². The first-order valence-electron chi connectivity index (χ1n) is 7.00. The number of hydrazone groups is 1. The number of phenols is 2. The summed E-state index contributed by atoms with van der Waals surface area (Å²) in [5.74, 6) is 0.152. The van der Waals surface area contributed by atoms with Crippen LogP contribution in [0.3, 0.4) is 0 Å². The third-order valence-corrected chi connectivity index (χ3v) is 3.33. The number of hydrogen-bond donors (Lipinski definition) is 3. The molecule has 122 valence electrons. The predicted octanol–water partition coefficient (Wildman–Crippen LogP) is 2.62. The summed E-state index contributed by atoms with van der Waals surface area (Å²) in [6.07, 6.45) is 1.30. The zero-order valence-electron chi connectivity index (χ0n) is 12.7. The van der Waals surface area contributed by atoms with Crippen LogP contribution in [0.2, 0.25) is 0 Å². The molecule has 1 amide bonds. The lowest BCUT2D eigenvalue weighted by Crippen LogP contribution is -2.16. The molecule has 0 aliphatic heterocycles. The second-order valence-electron chi connectivity index (χ2n) is 4.96. The maximum atomic E-state index is 12.0. The number of aromatic hydroxyl groups is 2. The first-order chi connectivity index (χ1) is 11.6. The normalized spacial score (nSPS) is 11.0. The van der Waals surface area contributed by atoms with Crippen molar-refractivity contribution < 1.29 is 24.2 Å². The summed E-state index contributed by atoms with van der Waals surface area (Å²) in [7, 11) is 1.51. The molecular weight excluding hydrogens is 312 g/mol. The number of amides is 1. The lowest BCUT2D eigenvalue weighted by Gasteiger charge is -2.02. The summed E-state index contributed by atoms with van der Waals surface area (Å²) < 4.78 is 10.4. The number of methoxy groups -OCH3 is 1. The molecule has 0 aliphatic rings. The highest BCUT2D eigenvalue weighted by atomic mass is 16.5. The summed E-state index contributed by atoms with van der Waals surface area (Å²) in [4.78, 5) is 12.0. The van der Waals surface area contributed by atoms with Crippen LogP contribution in [0.5, 0.6) is 17.2 Å². The number of nitrogens with zero attached hydrogens (tertiary/aromatic N) is 1. The number of hydrogen-bond acceptors (Lipinski definition) is 6. The molecule has 1 heterocycles. The molecular formula is C17H14N2O5. The Morgan fingerprint density at radius 3 is 2.83 bits per heavy atom. The molecule has 3 rings (SSSR count). The standard InChI is InChI=1S/C17H14N2O5/c1-23-13-3-4-14(21)11(7-13)9-18-19-17(22)16-8-10-6-12(20)2-5-15(10)24-16/h2-9,20-21H,1H3,(H,19,22). The first-order valence-corrected chi connectivity index (χ1v) is 7.00. The molecule has 0 spiro atoms. The Morgan fingerprint density at radius 1 is 1.21 bits per heavy atom. The van der Waals surface area contributed by atoms with Crippen LogP contribution in [-0.4, -0.2) is 29.4 Å². The SMILES string of the molecule is COc1ccc(O)c(C=NNC(=O)c2cc3cc(O)ccc3o2)c1. The van der Waals surface area contributed by atoms with Crippen molar-refractivity contribution in [2.24, 2.45) is 5.10 Å². The second-order valence-corrected chi connectivity index (χ2v) is 4.96. The van der Waals surface area contributed by atoms with Gasteiger partial charge in [-0.05, 0) is 42.5 Å². The number of fused-ring (bicyclic) bond motifs is 1. The van der Waals surface area contributed by atoms with Gasteiger partial charge in [0.2, 0.25) is 0 Å². The highest BCUT2D eigenvalue weighted by molar-refractivity contribution is 5.97. The Hall–Kier alpha value is -3.48. The van der Waals surface area contributed by atoms with Gasteiger partial charge in [0.15, 0.2) is 5.76 Å². The minimum atomic E-state index is -0.552. The van der Waals surface area contributed by atoms with Crippen LogP contribution in [0.1, 0.15) is 16.1 Å². The van der Waals surface area contributed by atoms with Gasteiger partial charge < -0.3 is 19.4 Å². The molecule has 2 aromatic carbocycles. The number of phenolic OH excluding ortho intramolecular Hbond substituents is 2. The Bertz CT molecular complexity index is 930. The number of ether oxygens (including phenoxy) is 1. The van der Waals surface area contributed by atoms with E-state index in [4.69, 9.17) is 9.15 Å². The van der Waals surface area contributed by atoms with E-state index >= 15 is 0 Å². The van der Waals surface area contributed by atoms with E-state index in [1.54, 1.807) is 18.2 Å². The van der Waals surface area contributed by atoms with E-state index < -0.39 is 5.91 Å². The number of rotatable bonds is 4. The molecule has 3 N–H and O–H groups in total. The highest BCUT2D eigenvalue weighted by Crippen LogP contribution is 2.23. The van der Waals surface area contributed by atoms with E-state index in [0.29, 0.717) is 22.3 Å². The molecule has 0 saturated carbocycles. The van der Waals surface area contributed by atoms with E-state index in [-0.39, 0.29) is 17.3 Å². The Morgan fingerprint density at radius 2 is 2.04 bits per heavy atom. The van der Waals surface area contributed by atoms with Gasteiger partial charge in [0, 0.05) is 10.9 Å². The fourth-order valence-electron chi connectivity index (χ4n) is 2.12. The van der Waals surface area contributed by atoms with Crippen molar-refractivity contribution >= 4 is 23.1 Å². The Labute approximate surface area is 136 Å². The number of furan rings is 1. The fourth-order valence-corrected chi connectivity index (χ4v) is 2.12.